The SMILES string of the molecule is COc1ccc(C(=O)COC(=O)C2CCN(c3ccc(C(F)(F)F)cc3[N+](=O)[O-])CC2)cc1OC. The summed E-state index contributed by atoms with van der Waals surface area (Å²) >= 11 is 0. The first-order chi connectivity index (χ1) is 16.5. The van der Waals surface area contributed by atoms with Crippen molar-refractivity contribution < 1.29 is 41.9 Å². The third-order valence-corrected chi connectivity index (χ3v) is 5.72. The van der Waals surface area contributed by atoms with Gasteiger partial charge in [0.05, 0.1) is 30.6 Å². The van der Waals surface area contributed by atoms with E-state index in [1.165, 1.54) is 26.4 Å². The molecule has 35 heavy (non-hydrogen) atoms. The van der Waals surface area contributed by atoms with E-state index < -0.39 is 46.6 Å². The Morgan fingerprint density at radius 2 is 1.71 bits per heavy atom. The van der Waals surface area contributed by atoms with Crippen molar-refractivity contribution in [3.8, 4) is 11.5 Å². The van der Waals surface area contributed by atoms with Crippen molar-refractivity contribution in [3.05, 3.63) is 57.6 Å². The number of esters is 1. The van der Waals surface area contributed by atoms with Gasteiger partial charge < -0.3 is 19.1 Å². The summed E-state index contributed by atoms with van der Waals surface area (Å²) in [5.41, 5.74) is -1.43. The average Bonchev–Trinajstić information content (AvgIpc) is 2.85. The van der Waals surface area contributed by atoms with Crippen molar-refractivity contribution in [1.29, 1.82) is 0 Å². The van der Waals surface area contributed by atoms with E-state index in [0.717, 1.165) is 12.1 Å². The van der Waals surface area contributed by atoms with Crippen molar-refractivity contribution in [2.75, 3.05) is 38.8 Å². The first kappa shape index (κ1) is 25.8. The molecule has 188 valence electrons. The zero-order valence-electron chi connectivity index (χ0n) is 19.0. The van der Waals surface area contributed by atoms with E-state index in [0.29, 0.717) is 17.6 Å². The molecule has 0 aromatic heterocycles. The molecule has 0 radical (unpaired) electrons. The summed E-state index contributed by atoms with van der Waals surface area (Å²) in [6, 6.07) is 6.93. The first-order valence-corrected chi connectivity index (χ1v) is 10.6. The van der Waals surface area contributed by atoms with Crippen LogP contribution in [0, 0.1) is 16.0 Å². The first-order valence-electron chi connectivity index (χ1n) is 10.6. The topological polar surface area (TPSA) is 108 Å². The number of rotatable bonds is 8. The van der Waals surface area contributed by atoms with Crippen LogP contribution >= 0.6 is 0 Å². The average molecular weight is 496 g/mol. The van der Waals surface area contributed by atoms with E-state index in [4.69, 9.17) is 14.2 Å². The Bertz CT molecular complexity index is 1110. The summed E-state index contributed by atoms with van der Waals surface area (Å²) < 4.78 is 54.2. The number of nitro groups is 1. The van der Waals surface area contributed by atoms with E-state index in [2.05, 4.69) is 0 Å². The lowest BCUT2D eigenvalue weighted by Crippen LogP contribution is -2.37. The second kappa shape index (κ2) is 10.6. The maximum atomic E-state index is 12.9. The van der Waals surface area contributed by atoms with Crippen molar-refractivity contribution in [3.63, 3.8) is 0 Å². The van der Waals surface area contributed by atoms with Crippen LogP contribution in [0.1, 0.15) is 28.8 Å². The van der Waals surface area contributed by atoms with Crippen LogP contribution in [0.25, 0.3) is 0 Å². The smallest absolute Gasteiger partial charge is 0.416 e. The van der Waals surface area contributed by atoms with Crippen LogP contribution in [-0.4, -0.2) is 50.6 Å². The van der Waals surface area contributed by atoms with Crippen LogP contribution < -0.4 is 14.4 Å². The number of carbonyl (C=O) groups is 2. The maximum Gasteiger partial charge on any atom is 0.416 e. The normalized spacial score (nSPS) is 14.4. The molecule has 0 bridgehead atoms. The van der Waals surface area contributed by atoms with Gasteiger partial charge in [0.25, 0.3) is 5.69 Å². The molecule has 12 heteroatoms. The summed E-state index contributed by atoms with van der Waals surface area (Å²) in [4.78, 5) is 36.9. The molecule has 0 unspecified atom stereocenters. The van der Waals surface area contributed by atoms with Crippen molar-refractivity contribution in [2.24, 2.45) is 5.92 Å². The second-order valence-corrected chi connectivity index (χ2v) is 7.82. The van der Waals surface area contributed by atoms with Crippen molar-refractivity contribution in [1.82, 2.24) is 0 Å². The monoisotopic (exact) mass is 496 g/mol. The van der Waals surface area contributed by atoms with Crippen LogP contribution in [0.5, 0.6) is 11.5 Å². The van der Waals surface area contributed by atoms with Gasteiger partial charge in [0, 0.05) is 24.7 Å². The highest BCUT2D eigenvalue weighted by molar-refractivity contribution is 5.98. The Kier molecular flexibility index (Phi) is 7.82. The molecule has 0 aliphatic carbocycles. The standard InChI is InChI=1S/C23H23F3N2O7/c1-33-20-6-3-15(11-21(20)34-2)19(29)13-35-22(30)14-7-9-27(10-8-14)17-5-4-16(23(24,25)26)12-18(17)28(31)32/h3-6,11-12,14H,7-10,13H2,1-2H3. The Labute approximate surface area is 198 Å². The number of halogens is 3. The molecule has 9 nitrogen and oxygen atoms in total. The summed E-state index contributed by atoms with van der Waals surface area (Å²) in [6.07, 6.45) is -4.17. The van der Waals surface area contributed by atoms with E-state index in [-0.39, 0.29) is 37.2 Å². The Hall–Kier alpha value is -3.83. The van der Waals surface area contributed by atoms with Crippen LogP contribution in [0.15, 0.2) is 36.4 Å². The van der Waals surface area contributed by atoms with Crippen LogP contribution in [0.4, 0.5) is 24.5 Å². The van der Waals surface area contributed by atoms with E-state index in [9.17, 15) is 32.9 Å². The highest BCUT2D eigenvalue weighted by Crippen LogP contribution is 2.38. The second-order valence-electron chi connectivity index (χ2n) is 7.82. The molecule has 3 rings (SSSR count). The summed E-state index contributed by atoms with van der Waals surface area (Å²) in [5.74, 6) is -0.758. The molecule has 1 heterocycles. The van der Waals surface area contributed by atoms with Gasteiger partial charge in [-0.25, -0.2) is 0 Å². The fourth-order valence-electron chi connectivity index (χ4n) is 3.82. The number of nitrogens with zero attached hydrogens (tertiary/aromatic N) is 2. The highest BCUT2D eigenvalue weighted by Gasteiger charge is 2.35. The van der Waals surface area contributed by atoms with Gasteiger partial charge in [0.15, 0.2) is 23.9 Å². The molecule has 2 aromatic carbocycles. The molecule has 2 aromatic rings. The number of methoxy groups -OCH3 is 2. The molecule has 1 saturated heterocycles. The lowest BCUT2D eigenvalue weighted by atomic mass is 9.96. The van der Waals surface area contributed by atoms with E-state index in [1.807, 2.05) is 0 Å². The summed E-state index contributed by atoms with van der Waals surface area (Å²) in [6.45, 7) is -0.0654. The highest BCUT2D eigenvalue weighted by atomic mass is 19.4. The number of nitro benzene ring substituents is 1. The lowest BCUT2D eigenvalue weighted by molar-refractivity contribution is -0.384. The quantitative estimate of drug-likeness (QED) is 0.231. The number of anilines is 1. The van der Waals surface area contributed by atoms with Gasteiger partial charge >= 0.3 is 12.1 Å². The third-order valence-electron chi connectivity index (χ3n) is 5.72. The Morgan fingerprint density at radius 1 is 1.06 bits per heavy atom. The predicted molar refractivity (Wildman–Crippen MR) is 118 cm³/mol. The van der Waals surface area contributed by atoms with Gasteiger partial charge in [0.2, 0.25) is 0 Å². The molecule has 0 saturated carbocycles. The minimum absolute atomic E-state index is 0.0541. The van der Waals surface area contributed by atoms with Gasteiger partial charge in [-0.15, -0.1) is 0 Å². The summed E-state index contributed by atoms with van der Waals surface area (Å²) in [5, 5.41) is 11.3. The van der Waals surface area contributed by atoms with Crippen LogP contribution in [-0.2, 0) is 15.7 Å². The molecule has 0 spiro atoms. The predicted octanol–water partition coefficient (Wildman–Crippen LogP) is 4.27. The molecule has 1 fully saturated rings. The minimum atomic E-state index is -4.70. The maximum absolute atomic E-state index is 12.9. The zero-order valence-corrected chi connectivity index (χ0v) is 19.0. The number of Topliss-reactive ketones (excluding diaryl/α,β-unsaturated/α-hetero) is 1. The van der Waals surface area contributed by atoms with Gasteiger partial charge in [0.1, 0.15) is 5.69 Å². The van der Waals surface area contributed by atoms with Gasteiger partial charge in [-0.3, -0.25) is 19.7 Å². The zero-order chi connectivity index (χ0) is 25.8. The lowest BCUT2D eigenvalue weighted by Gasteiger charge is -2.32. The molecule has 0 N–H and O–H groups in total. The van der Waals surface area contributed by atoms with Gasteiger partial charge in [-0.05, 0) is 43.2 Å². The largest absolute Gasteiger partial charge is 0.493 e. The Balaban J connectivity index is 1.59. The third kappa shape index (κ3) is 6.00. The van der Waals surface area contributed by atoms with E-state index in [1.54, 1.807) is 11.0 Å². The number of benzene rings is 2. The number of carbonyl (C=O) groups excluding carboxylic acids is 2. The van der Waals surface area contributed by atoms with Gasteiger partial charge in [-0.2, -0.15) is 13.2 Å². The molecule has 1 aliphatic heterocycles. The van der Waals surface area contributed by atoms with Crippen LogP contribution in [0.2, 0.25) is 0 Å². The number of hydrogen-bond acceptors (Lipinski definition) is 8. The minimum Gasteiger partial charge on any atom is -0.493 e. The summed E-state index contributed by atoms with van der Waals surface area (Å²) in [7, 11) is 2.89. The van der Waals surface area contributed by atoms with E-state index >= 15 is 0 Å². The van der Waals surface area contributed by atoms with Crippen molar-refractivity contribution in [2.45, 2.75) is 19.0 Å². The van der Waals surface area contributed by atoms with Gasteiger partial charge in [-0.1, -0.05) is 0 Å². The fraction of sp³-hybridized carbons (Fsp3) is 0.391. The number of ether oxygens (including phenoxy) is 3. The molecule has 0 atom stereocenters. The van der Waals surface area contributed by atoms with Crippen molar-refractivity contribution >= 4 is 23.1 Å². The van der Waals surface area contributed by atoms with Crippen LogP contribution in [0.3, 0.4) is 0 Å². The number of hydrogen-bond donors (Lipinski definition) is 0. The molecular formula is C23H23F3N2O7. The molecular weight excluding hydrogens is 473 g/mol. The number of ketones is 1. The molecule has 0 amide bonds. The molecule has 1 aliphatic rings. The Morgan fingerprint density at radius 3 is 2.29 bits per heavy atom. The number of piperidine rings is 1. The number of alkyl halides is 3. The fourth-order valence-corrected chi connectivity index (χ4v) is 3.82.